The highest BCUT2D eigenvalue weighted by atomic mass is 16.1. The fraction of sp³-hybridized carbons (Fsp3) is 0.143. The highest BCUT2D eigenvalue weighted by molar-refractivity contribution is 5.91. The number of hydrogen-bond donors (Lipinski definition) is 4. The van der Waals surface area contributed by atoms with Crippen LogP contribution in [0.2, 0.25) is 0 Å². The molecule has 0 aliphatic carbocycles. The van der Waals surface area contributed by atoms with Crippen LogP contribution in [0.15, 0.2) is 12.4 Å². The molecule has 0 unspecified atom stereocenters. The molecule has 0 spiro atoms. The van der Waals surface area contributed by atoms with Crippen molar-refractivity contribution in [1.29, 1.82) is 0 Å². The van der Waals surface area contributed by atoms with Crippen LogP contribution in [0.5, 0.6) is 0 Å². The van der Waals surface area contributed by atoms with Crippen molar-refractivity contribution < 1.29 is 4.79 Å². The second-order valence-corrected chi connectivity index (χ2v) is 2.85. The van der Waals surface area contributed by atoms with Gasteiger partial charge in [-0.05, 0) is 0 Å². The summed E-state index contributed by atoms with van der Waals surface area (Å²) in [5.41, 5.74) is 6.50. The SMILES string of the molecule is Nc1[nH]ncc1CNC(=O)c1cn[nH]n1. The smallest absolute Gasteiger partial charge is 0.273 e. The fourth-order valence-corrected chi connectivity index (χ4v) is 1.04. The zero-order valence-corrected chi connectivity index (χ0v) is 7.69. The minimum atomic E-state index is -0.315. The maximum absolute atomic E-state index is 11.4. The first-order valence-corrected chi connectivity index (χ1v) is 4.19. The van der Waals surface area contributed by atoms with E-state index in [4.69, 9.17) is 5.73 Å². The molecule has 2 aromatic heterocycles. The monoisotopic (exact) mass is 207 g/mol. The lowest BCUT2D eigenvalue weighted by molar-refractivity contribution is 0.0946. The Bertz CT molecular complexity index is 446. The summed E-state index contributed by atoms with van der Waals surface area (Å²) in [7, 11) is 0. The number of anilines is 1. The van der Waals surface area contributed by atoms with E-state index in [2.05, 4.69) is 30.9 Å². The minimum absolute atomic E-state index is 0.233. The Labute approximate surface area is 84.3 Å². The number of amides is 1. The van der Waals surface area contributed by atoms with Gasteiger partial charge in [-0.25, -0.2) is 0 Å². The van der Waals surface area contributed by atoms with Gasteiger partial charge in [0, 0.05) is 12.1 Å². The van der Waals surface area contributed by atoms with Crippen LogP contribution in [-0.2, 0) is 6.54 Å². The van der Waals surface area contributed by atoms with Gasteiger partial charge < -0.3 is 11.1 Å². The second-order valence-electron chi connectivity index (χ2n) is 2.85. The summed E-state index contributed by atoms with van der Waals surface area (Å²) in [6, 6.07) is 0. The van der Waals surface area contributed by atoms with Crippen molar-refractivity contribution in [1.82, 2.24) is 30.9 Å². The molecule has 0 saturated carbocycles. The summed E-state index contributed by atoms with van der Waals surface area (Å²) in [4.78, 5) is 11.4. The molecule has 1 amide bonds. The number of hydrogen-bond acceptors (Lipinski definition) is 5. The molecule has 0 aliphatic rings. The van der Waals surface area contributed by atoms with Crippen molar-refractivity contribution in [3.63, 3.8) is 0 Å². The number of H-pyrrole nitrogens is 2. The van der Waals surface area contributed by atoms with E-state index >= 15 is 0 Å². The molecule has 2 heterocycles. The van der Waals surface area contributed by atoms with Crippen LogP contribution in [0.1, 0.15) is 16.1 Å². The predicted molar refractivity (Wildman–Crippen MR) is 50.6 cm³/mol. The Morgan fingerprint density at radius 1 is 1.47 bits per heavy atom. The number of nitrogens with one attached hydrogen (secondary N) is 3. The largest absolute Gasteiger partial charge is 0.384 e. The summed E-state index contributed by atoms with van der Waals surface area (Å²) in [5, 5.41) is 18.4. The number of carbonyl (C=O) groups is 1. The average Bonchev–Trinajstić information content (AvgIpc) is 2.85. The number of carbonyl (C=O) groups excluding carboxylic acids is 1. The number of nitrogens with zero attached hydrogens (tertiary/aromatic N) is 3. The molecule has 2 rings (SSSR count). The molecule has 0 bridgehead atoms. The highest BCUT2D eigenvalue weighted by Gasteiger charge is 2.09. The summed E-state index contributed by atoms with van der Waals surface area (Å²) in [5.74, 6) is 0.125. The van der Waals surface area contributed by atoms with E-state index in [0.717, 1.165) is 5.56 Å². The molecule has 0 fully saturated rings. The molecule has 8 heteroatoms. The van der Waals surface area contributed by atoms with E-state index in [1.54, 1.807) is 6.20 Å². The highest BCUT2D eigenvalue weighted by Crippen LogP contribution is 2.04. The molecule has 8 nitrogen and oxygen atoms in total. The van der Waals surface area contributed by atoms with Gasteiger partial charge in [-0.2, -0.15) is 20.5 Å². The number of aromatic nitrogens is 5. The molecule has 78 valence electrons. The van der Waals surface area contributed by atoms with Crippen LogP contribution in [-0.4, -0.2) is 31.5 Å². The Balaban J connectivity index is 1.95. The molecule has 0 radical (unpaired) electrons. The van der Waals surface area contributed by atoms with Crippen LogP contribution in [0.4, 0.5) is 5.82 Å². The third kappa shape index (κ3) is 1.93. The van der Waals surface area contributed by atoms with E-state index in [9.17, 15) is 4.79 Å². The van der Waals surface area contributed by atoms with Gasteiger partial charge >= 0.3 is 0 Å². The molecule has 0 saturated heterocycles. The molecular weight excluding hydrogens is 198 g/mol. The van der Waals surface area contributed by atoms with Crippen molar-refractivity contribution in [3.8, 4) is 0 Å². The first-order valence-electron chi connectivity index (χ1n) is 4.19. The van der Waals surface area contributed by atoms with Crippen LogP contribution >= 0.6 is 0 Å². The van der Waals surface area contributed by atoms with Gasteiger partial charge in [0.1, 0.15) is 5.82 Å². The molecule has 0 aromatic carbocycles. The summed E-state index contributed by atoms with van der Waals surface area (Å²) >= 11 is 0. The van der Waals surface area contributed by atoms with Crippen molar-refractivity contribution >= 4 is 11.7 Å². The van der Waals surface area contributed by atoms with Crippen molar-refractivity contribution in [3.05, 3.63) is 23.7 Å². The first-order chi connectivity index (χ1) is 7.27. The van der Waals surface area contributed by atoms with Gasteiger partial charge in [0.05, 0.1) is 12.4 Å². The zero-order valence-electron chi connectivity index (χ0n) is 7.69. The maximum atomic E-state index is 11.4. The molecule has 5 N–H and O–H groups in total. The normalized spacial score (nSPS) is 10.1. The van der Waals surface area contributed by atoms with Gasteiger partial charge in [-0.1, -0.05) is 0 Å². The molecule has 0 aliphatic heterocycles. The molecule has 15 heavy (non-hydrogen) atoms. The Hall–Kier alpha value is -2.38. The van der Waals surface area contributed by atoms with Gasteiger partial charge in [0.25, 0.3) is 5.91 Å². The third-order valence-corrected chi connectivity index (χ3v) is 1.84. The lowest BCUT2D eigenvalue weighted by atomic mass is 10.3. The van der Waals surface area contributed by atoms with Gasteiger partial charge in [-0.3, -0.25) is 9.89 Å². The van der Waals surface area contributed by atoms with E-state index in [0.29, 0.717) is 12.4 Å². The zero-order chi connectivity index (χ0) is 10.7. The van der Waals surface area contributed by atoms with Crippen molar-refractivity contribution in [2.75, 3.05) is 5.73 Å². The number of nitrogens with two attached hydrogens (primary N) is 1. The molecule has 0 atom stereocenters. The third-order valence-electron chi connectivity index (χ3n) is 1.84. The number of rotatable bonds is 3. The minimum Gasteiger partial charge on any atom is -0.384 e. The van der Waals surface area contributed by atoms with Gasteiger partial charge in [0.2, 0.25) is 0 Å². The fourth-order valence-electron chi connectivity index (χ4n) is 1.04. The predicted octanol–water partition coefficient (Wildman–Crippen LogP) is -0.960. The second kappa shape index (κ2) is 3.78. The summed E-state index contributed by atoms with van der Waals surface area (Å²) in [6.45, 7) is 0.300. The van der Waals surface area contributed by atoms with Crippen LogP contribution < -0.4 is 11.1 Å². The van der Waals surface area contributed by atoms with E-state index in [1.807, 2.05) is 0 Å². The van der Waals surface area contributed by atoms with Crippen LogP contribution in [0, 0.1) is 0 Å². The average molecular weight is 207 g/mol. The quantitative estimate of drug-likeness (QED) is 0.515. The van der Waals surface area contributed by atoms with Crippen LogP contribution in [0.25, 0.3) is 0 Å². The maximum Gasteiger partial charge on any atom is 0.273 e. The van der Waals surface area contributed by atoms with E-state index in [-0.39, 0.29) is 11.6 Å². The van der Waals surface area contributed by atoms with Crippen LogP contribution in [0.3, 0.4) is 0 Å². The van der Waals surface area contributed by atoms with E-state index in [1.165, 1.54) is 6.20 Å². The first kappa shape index (κ1) is 9.19. The van der Waals surface area contributed by atoms with Crippen molar-refractivity contribution in [2.45, 2.75) is 6.54 Å². The van der Waals surface area contributed by atoms with Gasteiger partial charge in [0.15, 0.2) is 5.69 Å². The summed E-state index contributed by atoms with van der Waals surface area (Å²) in [6.07, 6.45) is 2.90. The lowest BCUT2D eigenvalue weighted by Crippen LogP contribution is -2.23. The topological polar surface area (TPSA) is 125 Å². The van der Waals surface area contributed by atoms with Crippen molar-refractivity contribution in [2.24, 2.45) is 0 Å². The Morgan fingerprint density at radius 2 is 2.33 bits per heavy atom. The van der Waals surface area contributed by atoms with Gasteiger partial charge in [-0.15, -0.1) is 0 Å². The lowest BCUT2D eigenvalue weighted by Gasteiger charge is -2.00. The number of aromatic amines is 2. The molecule has 2 aromatic rings. The Kier molecular flexibility index (Phi) is 2.31. The molecular formula is C7H9N7O. The summed E-state index contributed by atoms with van der Waals surface area (Å²) < 4.78 is 0. The Morgan fingerprint density at radius 3 is 2.93 bits per heavy atom. The van der Waals surface area contributed by atoms with E-state index < -0.39 is 0 Å². The number of nitrogen functional groups attached to an aromatic ring is 1. The standard InChI is InChI=1S/C7H9N7O/c8-6-4(2-10-13-6)1-9-7(15)5-3-11-14-12-5/h2-3H,1H2,(H,9,15)(H3,8,10,13)(H,11,12,14).